The average Bonchev–Trinajstić information content (AvgIpc) is 3.01. The zero-order valence-corrected chi connectivity index (χ0v) is 12.1. The lowest BCUT2D eigenvalue weighted by molar-refractivity contribution is 0.528. The molecule has 2 N–H and O–H groups in total. The Kier molecular flexibility index (Phi) is 3.16. The number of hydrogen-bond donors (Lipinski definition) is 1. The number of nitrogens with two attached hydrogens (primary N) is 1. The smallest absolute Gasteiger partial charge is 0.177 e. The van der Waals surface area contributed by atoms with Crippen LogP contribution in [0.2, 0.25) is 0 Å². The molecular formula is C14H14BrN3O. The van der Waals surface area contributed by atoms with Crippen molar-refractivity contribution in [3.63, 3.8) is 0 Å². The van der Waals surface area contributed by atoms with Crippen LogP contribution in [0.25, 0.3) is 22.6 Å². The van der Waals surface area contributed by atoms with Gasteiger partial charge in [-0.25, -0.2) is 4.98 Å². The molecular weight excluding hydrogens is 306 g/mol. The Bertz CT molecular complexity index is 716. The largest absolute Gasteiger partial charge is 0.446 e. The first-order valence-electron chi connectivity index (χ1n) is 6.13. The molecule has 0 bridgehead atoms. The zero-order valence-electron chi connectivity index (χ0n) is 10.5. The van der Waals surface area contributed by atoms with E-state index in [2.05, 4.69) is 38.5 Å². The van der Waals surface area contributed by atoms with Crippen LogP contribution >= 0.6 is 15.9 Å². The van der Waals surface area contributed by atoms with Crippen molar-refractivity contribution in [2.45, 2.75) is 13.0 Å². The third-order valence-corrected chi connectivity index (χ3v) is 3.60. The van der Waals surface area contributed by atoms with E-state index in [1.54, 1.807) is 0 Å². The number of hydrogen-bond acceptors (Lipinski definition) is 3. The van der Waals surface area contributed by atoms with Gasteiger partial charge in [-0.15, -0.1) is 0 Å². The van der Waals surface area contributed by atoms with Crippen molar-refractivity contribution in [2.75, 3.05) is 6.54 Å². The van der Waals surface area contributed by atoms with Gasteiger partial charge in [-0.1, -0.05) is 12.1 Å². The number of nitrogens with zero attached hydrogens (tertiary/aromatic N) is 2. The number of fused-ring (bicyclic) bond motifs is 1. The van der Waals surface area contributed by atoms with E-state index in [4.69, 9.17) is 10.2 Å². The van der Waals surface area contributed by atoms with E-state index >= 15 is 0 Å². The van der Waals surface area contributed by atoms with Gasteiger partial charge in [-0.2, -0.15) is 0 Å². The minimum atomic E-state index is 0.159. The van der Waals surface area contributed by atoms with Crippen molar-refractivity contribution in [1.82, 2.24) is 9.55 Å². The molecule has 1 atom stereocenters. The molecule has 4 nitrogen and oxygen atoms in total. The van der Waals surface area contributed by atoms with E-state index in [0.29, 0.717) is 11.2 Å². The molecule has 0 saturated heterocycles. The standard InChI is InChI=1S/C14H14BrN3O/c1-9(8-16)18-11-5-3-2-4-10(11)17-14(18)12-6-7-13(15)19-12/h2-7,9H,8,16H2,1H3. The van der Waals surface area contributed by atoms with Gasteiger partial charge in [-0.3, -0.25) is 0 Å². The molecule has 0 aliphatic carbocycles. The first-order chi connectivity index (χ1) is 9.20. The number of rotatable bonds is 3. The van der Waals surface area contributed by atoms with Gasteiger partial charge < -0.3 is 14.7 Å². The van der Waals surface area contributed by atoms with Crippen LogP contribution in [-0.4, -0.2) is 16.1 Å². The van der Waals surface area contributed by atoms with Crippen molar-refractivity contribution in [2.24, 2.45) is 5.73 Å². The number of benzene rings is 1. The van der Waals surface area contributed by atoms with Crippen LogP contribution in [0.1, 0.15) is 13.0 Å². The molecule has 0 amide bonds. The first-order valence-corrected chi connectivity index (χ1v) is 6.92. The SMILES string of the molecule is CC(CN)n1c(-c2ccc(Br)o2)nc2ccccc21. The summed E-state index contributed by atoms with van der Waals surface area (Å²) >= 11 is 3.32. The highest BCUT2D eigenvalue weighted by Crippen LogP contribution is 2.30. The Morgan fingerprint density at radius 3 is 2.79 bits per heavy atom. The number of aromatic nitrogens is 2. The van der Waals surface area contributed by atoms with Crippen LogP contribution in [0.4, 0.5) is 0 Å². The number of imidazole rings is 1. The monoisotopic (exact) mass is 319 g/mol. The Labute approximate surface area is 119 Å². The fraction of sp³-hybridized carbons (Fsp3) is 0.214. The molecule has 3 rings (SSSR count). The van der Waals surface area contributed by atoms with Gasteiger partial charge in [0.05, 0.1) is 11.0 Å². The lowest BCUT2D eigenvalue weighted by Gasteiger charge is -2.14. The summed E-state index contributed by atoms with van der Waals surface area (Å²) in [6.07, 6.45) is 0. The maximum Gasteiger partial charge on any atom is 0.177 e. The van der Waals surface area contributed by atoms with Crippen molar-refractivity contribution < 1.29 is 4.42 Å². The summed E-state index contributed by atoms with van der Waals surface area (Å²) in [4.78, 5) is 4.66. The maximum absolute atomic E-state index is 5.82. The summed E-state index contributed by atoms with van der Waals surface area (Å²) in [5.74, 6) is 1.55. The molecule has 2 heterocycles. The molecule has 0 fully saturated rings. The minimum absolute atomic E-state index is 0.159. The van der Waals surface area contributed by atoms with Crippen LogP contribution in [-0.2, 0) is 0 Å². The fourth-order valence-corrected chi connectivity index (χ4v) is 2.51. The molecule has 5 heteroatoms. The normalized spacial score (nSPS) is 13.0. The Morgan fingerprint density at radius 2 is 2.11 bits per heavy atom. The van der Waals surface area contributed by atoms with Gasteiger partial charge in [0.25, 0.3) is 0 Å². The molecule has 1 unspecified atom stereocenters. The lowest BCUT2D eigenvalue weighted by atomic mass is 10.2. The van der Waals surface area contributed by atoms with Crippen LogP contribution in [0.15, 0.2) is 45.5 Å². The molecule has 0 radical (unpaired) electrons. The van der Waals surface area contributed by atoms with Crippen LogP contribution in [0, 0.1) is 0 Å². The van der Waals surface area contributed by atoms with Gasteiger partial charge in [0.15, 0.2) is 16.3 Å². The van der Waals surface area contributed by atoms with Gasteiger partial charge in [-0.05, 0) is 47.1 Å². The van der Waals surface area contributed by atoms with E-state index in [9.17, 15) is 0 Å². The quantitative estimate of drug-likeness (QED) is 0.802. The van der Waals surface area contributed by atoms with Gasteiger partial charge in [0.2, 0.25) is 0 Å². The molecule has 0 saturated carbocycles. The van der Waals surface area contributed by atoms with Crippen molar-refractivity contribution >= 4 is 27.0 Å². The van der Waals surface area contributed by atoms with Crippen molar-refractivity contribution in [3.05, 3.63) is 41.1 Å². The molecule has 0 aliphatic rings. The van der Waals surface area contributed by atoms with Gasteiger partial charge in [0.1, 0.15) is 0 Å². The second-order valence-corrected chi connectivity index (χ2v) is 5.26. The van der Waals surface area contributed by atoms with Crippen LogP contribution in [0.3, 0.4) is 0 Å². The molecule has 0 spiro atoms. The van der Waals surface area contributed by atoms with E-state index in [1.165, 1.54) is 0 Å². The summed E-state index contributed by atoms with van der Waals surface area (Å²) in [6, 6.07) is 12.0. The predicted molar refractivity (Wildman–Crippen MR) is 78.9 cm³/mol. The van der Waals surface area contributed by atoms with Crippen molar-refractivity contribution in [3.8, 4) is 11.6 Å². The fourth-order valence-electron chi connectivity index (χ4n) is 2.20. The summed E-state index contributed by atoms with van der Waals surface area (Å²) in [5, 5.41) is 0. The van der Waals surface area contributed by atoms with E-state index in [0.717, 1.165) is 22.6 Å². The third-order valence-electron chi connectivity index (χ3n) is 3.17. The van der Waals surface area contributed by atoms with Gasteiger partial charge in [0, 0.05) is 12.6 Å². The highest BCUT2D eigenvalue weighted by Gasteiger charge is 2.18. The average molecular weight is 320 g/mol. The number of furan rings is 1. The topological polar surface area (TPSA) is 57.0 Å². The van der Waals surface area contributed by atoms with E-state index in [-0.39, 0.29) is 6.04 Å². The number of para-hydroxylation sites is 2. The Balaban J connectivity index is 2.28. The zero-order chi connectivity index (χ0) is 13.4. The molecule has 3 aromatic rings. The highest BCUT2D eigenvalue weighted by atomic mass is 79.9. The molecule has 2 aromatic heterocycles. The Hall–Kier alpha value is -1.59. The summed E-state index contributed by atoms with van der Waals surface area (Å²) in [7, 11) is 0. The third kappa shape index (κ3) is 2.09. The summed E-state index contributed by atoms with van der Waals surface area (Å²) < 4.78 is 8.45. The molecule has 19 heavy (non-hydrogen) atoms. The highest BCUT2D eigenvalue weighted by molar-refractivity contribution is 9.10. The van der Waals surface area contributed by atoms with E-state index in [1.807, 2.05) is 30.3 Å². The van der Waals surface area contributed by atoms with Crippen molar-refractivity contribution in [1.29, 1.82) is 0 Å². The number of halogens is 1. The molecule has 1 aromatic carbocycles. The molecule has 98 valence electrons. The van der Waals surface area contributed by atoms with E-state index < -0.39 is 0 Å². The summed E-state index contributed by atoms with van der Waals surface area (Å²) in [6.45, 7) is 2.63. The van der Waals surface area contributed by atoms with Crippen LogP contribution < -0.4 is 5.73 Å². The lowest BCUT2D eigenvalue weighted by Crippen LogP contribution is -2.16. The minimum Gasteiger partial charge on any atom is -0.446 e. The molecule has 0 aliphatic heterocycles. The predicted octanol–water partition coefficient (Wildman–Crippen LogP) is 3.58. The second kappa shape index (κ2) is 4.83. The second-order valence-electron chi connectivity index (χ2n) is 4.48. The van der Waals surface area contributed by atoms with Crippen LogP contribution in [0.5, 0.6) is 0 Å². The summed E-state index contributed by atoms with van der Waals surface area (Å²) in [5.41, 5.74) is 7.84. The Morgan fingerprint density at radius 1 is 1.32 bits per heavy atom. The van der Waals surface area contributed by atoms with Gasteiger partial charge >= 0.3 is 0 Å². The maximum atomic E-state index is 5.82. The first kappa shape index (κ1) is 12.4.